The molecular weight excluding hydrogens is 1570 g/mol. The van der Waals surface area contributed by atoms with E-state index in [2.05, 4.69) is 223 Å². The van der Waals surface area contributed by atoms with Gasteiger partial charge in [0, 0.05) is 55.4 Å². The number of carbonyl (C=O) groups excluding carboxylic acids is 1. The highest BCUT2D eigenvalue weighted by Gasteiger charge is 2.63. The number of esters is 1. The molecule has 0 N–H and O–H groups in total. The van der Waals surface area contributed by atoms with Crippen molar-refractivity contribution in [3.05, 3.63) is 223 Å². The molecule has 30 atom stereocenters. The van der Waals surface area contributed by atoms with Gasteiger partial charge in [-0.2, -0.15) is 0 Å². The van der Waals surface area contributed by atoms with Crippen molar-refractivity contribution >= 4 is 50.0 Å². The van der Waals surface area contributed by atoms with E-state index in [4.69, 9.17) is 90.0 Å². The first-order valence-corrected chi connectivity index (χ1v) is 45.9. The van der Waals surface area contributed by atoms with Crippen LogP contribution in [0.4, 0.5) is 0 Å². The number of benzene rings is 7. The number of carbonyl (C=O) groups is 1. The Morgan fingerprint density at radius 3 is 1.86 bits per heavy atom. The summed E-state index contributed by atoms with van der Waals surface area (Å²) in [5.41, 5.74) is 1.30. The third kappa shape index (κ3) is 19.1. The molecule has 7 aromatic rings. The monoisotopic (exact) mass is 1690 g/mol. The van der Waals surface area contributed by atoms with Crippen LogP contribution in [-0.4, -0.2) is 197 Å². The lowest BCUT2D eigenvalue weighted by Gasteiger charge is -2.54. The number of ether oxygens (including phenoxy) is 19. The van der Waals surface area contributed by atoms with Crippen LogP contribution >= 0.6 is 11.8 Å². The van der Waals surface area contributed by atoms with E-state index in [9.17, 15) is 4.79 Å². The third-order valence-corrected chi connectivity index (χ3v) is 28.9. The van der Waals surface area contributed by atoms with Crippen molar-refractivity contribution in [2.75, 3.05) is 33.5 Å². The molecule has 0 aliphatic carbocycles. The molecule has 8 fully saturated rings. The van der Waals surface area contributed by atoms with Crippen LogP contribution in [0.2, 0.25) is 0 Å². The molecule has 0 bridgehead atoms. The van der Waals surface area contributed by atoms with E-state index in [1.54, 1.807) is 11.8 Å². The molecule has 0 radical (unpaired) electrons. The average Bonchev–Trinajstić information content (AvgIpc) is 1.48. The smallest absolute Gasteiger partial charge is 0.333 e. The zero-order chi connectivity index (χ0) is 83.4. The molecule has 20 nitrogen and oxygen atoms in total. The van der Waals surface area contributed by atoms with Crippen molar-refractivity contribution in [3.8, 4) is 0 Å². The fourth-order valence-corrected chi connectivity index (χ4v) is 22.2. The van der Waals surface area contributed by atoms with Crippen LogP contribution in [0.3, 0.4) is 0 Å². The fraction of sp³-hybridized carbons (Fsp3) is 0.554. The van der Waals surface area contributed by atoms with Gasteiger partial charge < -0.3 is 90.0 Å². The molecule has 18 rings (SSSR count). The number of thioether (sulfide) groups is 1. The largest absolute Gasteiger partial charge is 0.495 e. The zero-order valence-corrected chi connectivity index (χ0v) is 72.4. The van der Waals surface area contributed by atoms with Crippen molar-refractivity contribution in [1.29, 1.82) is 0 Å². The molecule has 7 aromatic carbocycles. The highest BCUT2D eigenvalue weighted by molar-refractivity contribution is 7.99. The Bertz CT molecular complexity index is 4770. The topological polar surface area (TPSA) is 192 Å². The van der Waals surface area contributed by atoms with Gasteiger partial charge in [-0.1, -0.05) is 203 Å². The number of methoxy groups -OCH3 is 1. The summed E-state index contributed by atoms with van der Waals surface area (Å²) in [7, 11) is 1.36. The predicted molar refractivity (Wildman–Crippen MR) is 464 cm³/mol. The van der Waals surface area contributed by atoms with Gasteiger partial charge in [0.15, 0.2) is 12.1 Å². The normalized spacial score (nSPS) is 37.3. The van der Waals surface area contributed by atoms with Gasteiger partial charge in [-0.25, -0.2) is 4.79 Å². The van der Waals surface area contributed by atoms with E-state index in [1.165, 1.54) is 35.6 Å². The van der Waals surface area contributed by atoms with Crippen molar-refractivity contribution in [1.82, 2.24) is 0 Å². The Labute approximate surface area is 722 Å². The molecule has 0 aromatic heterocycles. The number of fused-ring (bicyclic) bond motifs is 11. The minimum atomic E-state index is -1.24. The number of rotatable bonds is 25. The average molecular weight is 1690 g/mol. The summed E-state index contributed by atoms with van der Waals surface area (Å²) in [4.78, 5) is 14.2. The molecule has 8 saturated heterocycles. The van der Waals surface area contributed by atoms with Gasteiger partial charge in [-0.15, -0.1) is 0 Å². The van der Waals surface area contributed by atoms with Crippen LogP contribution in [0.5, 0.6) is 0 Å². The van der Waals surface area contributed by atoms with Gasteiger partial charge in [-0.05, 0) is 150 Å². The Hall–Kier alpha value is -6.78. The molecule has 11 aliphatic rings. The molecule has 0 amide bonds. The van der Waals surface area contributed by atoms with Gasteiger partial charge >= 0.3 is 5.97 Å². The summed E-state index contributed by atoms with van der Waals surface area (Å²) in [5, 5.41) is 6.93. The Kier molecular flexibility index (Phi) is 27.4. The molecule has 21 heteroatoms. The van der Waals surface area contributed by atoms with E-state index in [1.807, 2.05) is 19.9 Å². The van der Waals surface area contributed by atoms with E-state index < -0.39 is 96.2 Å². The van der Waals surface area contributed by atoms with Crippen LogP contribution in [0.1, 0.15) is 136 Å². The van der Waals surface area contributed by atoms with Gasteiger partial charge in [0.25, 0.3) is 0 Å². The summed E-state index contributed by atoms with van der Waals surface area (Å²) in [6.45, 7) is 18.1. The molecule has 1 spiro atoms. The molecule has 11 heterocycles. The van der Waals surface area contributed by atoms with Crippen molar-refractivity contribution < 1.29 is 94.8 Å². The molecule has 0 saturated carbocycles. The summed E-state index contributed by atoms with van der Waals surface area (Å²) < 4.78 is 135. The maximum absolute atomic E-state index is 13.2. The highest BCUT2D eigenvalue weighted by atomic mass is 32.2. The lowest BCUT2D eigenvalue weighted by molar-refractivity contribution is -0.342. The summed E-state index contributed by atoms with van der Waals surface area (Å²) in [6, 6.07) is 55.1. The van der Waals surface area contributed by atoms with E-state index in [-0.39, 0.29) is 97.4 Å². The Morgan fingerprint density at radius 2 is 1.16 bits per heavy atom. The molecule has 2 unspecified atom stereocenters. The SMILES string of the molecule is CCOC(C)OCC[C@H]1O[C@H]2C=C[C@H]3O[C@H]4[C@H](OCc5ccc6ccccc6c5)[C@H]5OCC=CC[C@@H]5O[C@@H]4C[C@@H]3O[C@@H]2C/C=C\[C@@H]1OC(C[C@@H](OCc1ccc2ccccc2c1)[C@]1(C)O[C@@H]2C[C@H](C)C[C@@H]3O[C@@H]4[C@@H](C)[C@H](OCc5ccc6ccccc6c5)[C@@H]5O[C@]6(CCCO6)[C@@H](C)[C@H](C)[C@H]5O[C@H]4C[C@H]3O[C@H]2C[C@H]1O/C=C/C(=O)OC)Sc1ccccc1. The molecule has 652 valence electrons. The van der Waals surface area contributed by atoms with Gasteiger partial charge in [-0.3, -0.25) is 0 Å². The Morgan fingerprint density at radius 1 is 0.549 bits per heavy atom. The van der Waals surface area contributed by atoms with Crippen molar-refractivity contribution in [3.63, 3.8) is 0 Å². The molecule has 11 aliphatic heterocycles. The van der Waals surface area contributed by atoms with E-state index in [0.29, 0.717) is 97.4 Å². The first-order chi connectivity index (χ1) is 59.6. The first kappa shape index (κ1) is 86.0. The lowest BCUT2D eigenvalue weighted by atomic mass is 9.76. The van der Waals surface area contributed by atoms with E-state index >= 15 is 0 Å². The standard InChI is InChI=1S/C101H122O20S/c1-9-104-65(6)105-47-42-80-77(33-21-32-76-78(112-80)40-41-79-83(113-76)54-88-97(117-79)98(96-81(114-88)31-19-20-45-107-96)110-60-68-36-39-71-25-15-18-28-74(71)53-68)116-92(122-75-29-11-10-12-30-75)57-90(108-58-66-34-37-69-23-13-16-26-72(69)51-66)100(7)89(106-48-43-91(102)103-8)56-85-86(120-100)50-61(2)49-82-84(115-85)55-87-93(118-82)63(4)94(109-59-67-35-38-70-24-14-17-27-73(70)52-67)99-95(119-87)62(3)64(5)101(121-99)44-22-46-111-101/h10-21,23-30,33-41,43,48,51-53,61-65,76-90,92-99H,9,22,31-32,42,44-47,49-50,54-60H2,1-8H3/b33-21-,48-43+/t61-,62+,63-,64+,65?,76-,77+,78+,79-,80-,81+,82+,83+,84-,85+,86-,87+,88-,89-,90-,92?,93-,94+,95-,96+,97-,98-,99+,100-,101-/m1/s1. The van der Waals surface area contributed by atoms with Crippen LogP contribution in [-0.2, 0) is 115 Å². The van der Waals surface area contributed by atoms with Gasteiger partial charge in [0.2, 0.25) is 0 Å². The lowest BCUT2D eigenvalue weighted by Crippen LogP contribution is -2.64. The quantitative estimate of drug-likeness (QED) is 0.0131. The third-order valence-electron chi connectivity index (χ3n) is 27.8. The van der Waals surface area contributed by atoms with E-state index in [0.717, 1.165) is 50.6 Å². The minimum Gasteiger partial charge on any atom is -0.495 e. The summed E-state index contributed by atoms with van der Waals surface area (Å²) in [6.07, 6.45) is 12.2. The van der Waals surface area contributed by atoms with Crippen molar-refractivity contribution in [2.24, 2.45) is 23.7 Å². The zero-order valence-electron chi connectivity index (χ0n) is 71.6. The summed E-state index contributed by atoms with van der Waals surface area (Å²) >= 11 is 1.62. The second-order valence-corrected chi connectivity index (χ2v) is 37.1. The molecular formula is C101H122O20S. The highest BCUT2D eigenvalue weighted by Crippen LogP contribution is 2.53. The maximum atomic E-state index is 13.2. The second-order valence-electron chi connectivity index (χ2n) is 35.9. The van der Waals surface area contributed by atoms with Crippen molar-refractivity contribution in [2.45, 2.75) is 301 Å². The molecule has 122 heavy (non-hydrogen) atoms. The predicted octanol–water partition coefficient (Wildman–Crippen LogP) is 17.7. The van der Waals surface area contributed by atoms with Crippen LogP contribution < -0.4 is 0 Å². The maximum Gasteiger partial charge on any atom is 0.333 e. The van der Waals surface area contributed by atoms with Crippen LogP contribution in [0.25, 0.3) is 32.3 Å². The van der Waals surface area contributed by atoms with Gasteiger partial charge in [0.05, 0.1) is 145 Å². The van der Waals surface area contributed by atoms with Crippen LogP contribution in [0, 0.1) is 23.7 Å². The fourth-order valence-electron chi connectivity index (χ4n) is 21.2. The Balaban J connectivity index is 0.639. The second kappa shape index (κ2) is 38.8. The van der Waals surface area contributed by atoms with Gasteiger partial charge in [0.1, 0.15) is 59.9 Å². The first-order valence-electron chi connectivity index (χ1n) is 45.1. The number of hydrogen-bond acceptors (Lipinski definition) is 21. The number of hydrogen-bond donors (Lipinski definition) is 0. The van der Waals surface area contributed by atoms with Crippen LogP contribution in [0.15, 0.2) is 211 Å². The minimum absolute atomic E-state index is 0.0541. The summed E-state index contributed by atoms with van der Waals surface area (Å²) in [5.74, 6) is -1.21.